The van der Waals surface area contributed by atoms with Gasteiger partial charge in [0, 0.05) is 17.0 Å². The van der Waals surface area contributed by atoms with Crippen molar-refractivity contribution in [3.8, 4) is 6.07 Å². The van der Waals surface area contributed by atoms with E-state index in [-0.39, 0.29) is 5.16 Å². The second-order valence-corrected chi connectivity index (χ2v) is 5.00. The van der Waals surface area contributed by atoms with E-state index < -0.39 is 11.1 Å². The smallest absolute Gasteiger partial charge is 0.265 e. The fourth-order valence-corrected chi connectivity index (χ4v) is 2.36. The molecule has 0 fully saturated rings. The Hall–Kier alpha value is -2.04. The van der Waals surface area contributed by atoms with Crippen LogP contribution in [0.2, 0.25) is 5.02 Å². The van der Waals surface area contributed by atoms with Crippen molar-refractivity contribution in [2.24, 2.45) is 7.05 Å². The molecule has 2 aromatic rings. The van der Waals surface area contributed by atoms with E-state index in [0.29, 0.717) is 15.5 Å². The molecule has 19 heavy (non-hydrogen) atoms. The number of nitrogens with zero attached hydrogens (tertiary/aromatic N) is 3. The Morgan fingerprint density at radius 1 is 1.47 bits per heavy atom. The lowest BCUT2D eigenvalue weighted by atomic mass is 10.2. The highest BCUT2D eigenvalue weighted by Gasteiger charge is 2.10. The van der Waals surface area contributed by atoms with Crippen LogP contribution in [0.1, 0.15) is 5.56 Å². The average Bonchev–Trinajstić information content (AvgIpc) is 2.37. The molecule has 0 amide bonds. The summed E-state index contributed by atoms with van der Waals surface area (Å²) >= 11 is 6.89. The van der Waals surface area contributed by atoms with Gasteiger partial charge in [0.1, 0.15) is 6.07 Å². The molecule has 1 aromatic heterocycles. The molecule has 0 atom stereocenters. The van der Waals surface area contributed by atoms with Gasteiger partial charge in [-0.3, -0.25) is 19.4 Å². The predicted molar refractivity (Wildman–Crippen MR) is 70.4 cm³/mol. The molecule has 0 radical (unpaired) electrons. The Kier molecular flexibility index (Phi) is 3.74. The molecular formula is C11H7ClN4O2S. The van der Waals surface area contributed by atoms with Crippen molar-refractivity contribution in [2.45, 2.75) is 10.1 Å². The molecule has 8 heteroatoms. The Labute approximate surface area is 116 Å². The number of benzene rings is 1. The summed E-state index contributed by atoms with van der Waals surface area (Å²) in [4.78, 5) is 26.6. The molecule has 6 nitrogen and oxygen atoms in total. The van der Waals surface area contributed by atoms with E-state index in [9.17, 15) is 9.59 Å². The van der Waals surface area contributed by atoms with E-state index in [4.69, 9.17) is 16.9 Å². The lowest BCUT2D eigenvalue weighted by Crippen LogP contribution is -2.33. The van der Waals surface area contributed by atoms with E-state index in [1.165, 1.54) is 10.7 Å². The van der Waals surface area contributed by atoms with Gasteiger partial charge in [0.15, 0.2) is 5.16 Å². The third-order valence-electron chi connectivity index (χ3n) is 2.21. The number of aromatic amines is 1. The number of aryl methyl sites for hydroxylation is 1. The molecule has 0 saturated heterocycles. The SMILES string of the molecule is Cn1[nH]c(=O)c(=O)nc1Sc1ccc(Cl)cc1C#N. The van der Waals surface area contributed by atoms with Gasteiger partial charge in [0.05, 0.1) is 5.56 Å². The second kappa shape index (κ2) is 5.30. The first-order valence-electron chi connectivity index (χ1n) is 5.06. The van der Waals surface area contributed by atoms with Crippen molar-refractivity contribution in [3.05, 3.63) is 49.5 Å². The van der Waals surface area contributed by atoms with Crippen LogP contribution in [-0.2, 0) is 7.05 Å². The fraction of sp³-hybridized carbons (Fsp3) is 0.0909. The molecular weight excluding hydrogens is 288 g/mol. The molecule has 0 unspecified atom stereocenters. The second-order valence-electron chi connectivity index (χ2n) is 3.55. The molecule has 1 N–H and O–H groups in total. The highest BCUT2D eigenvalue weighted by atomic mass is 35.5. The van der Waals surface area contributed by atoms with Gasteiger partial charge in [0.2, 0.25) is 0 Å². The molecule has 96 valence electrons. The van der Waals surface area contributed by atoms with Gasteiger partial charge in [-0.25, -0.2) is 0 Å². The highest BCUT2D eigenvalue weighted by molar-refractivity contribution is 7.99. The Morgan fingerprint density at radius 3 is 2.89 bits per heavy atom. The molecule has 0 aliphatic heterocycles. The number of rotatable bonds is 2. The summed E-state index contributed by atoms with van der Waals surface area (Å²) in [6, 6.07) is 6.82. The molecule has 0 saturated carbocycles. The minimum absolute atomic E-state index is 0.281. The summed E-state index contributed by atoms with van der Waals surface area (Å²) in [7, 11) is 1.55. The number of aromatic nitrogens is 3. The lowest BCUT2D eigenvalue weighted by molar-refractivity contribution is 0.596. The summed E-state index contributed by atoms with van der Waals surface area (Å²) < 4.78 is 1.32. The Bertz CT molecular complexity index is 791. The van der Waals surface area contributed by atoms with Crippen LogP contribution in [0.25, 0.3) is 0 Å². The zero-order valence-corrected chi connectivity index (χ0v) is 11.2. The zero-order chi connectivity index (χ0) is 14.0. The number of halogens is 1. The average molecular weight is 295 g/mol. The Balaban J connectivity index is 2.48. The Morgan fingerprint density at radius 2 is 2.21 bits per heavy atom. The summed E-state index contributed by atoms with van der Waals surface area (Å²) in [5.74, 6) is 0. The van der Waals surface area contributed by atoms with Gasteiger partial charge in [-0.15, -0.1) is 0 Å². The molecule has 0 bridgehead atoms. The largest absolute Gasteiger partial charge is 0.339 e. The van der Waals surface area contributed by atoms with Crippen molar-refractivity contribution in [1.29, 1.82) is 5.26 Å². The molecule has 0 aliphatic rings. The maximum Gasteiger partial charge on any atom is 0.339 e. The topological polar surface area (TPSA) is 91.5 Å². The van der Waals surface area contributed by atoms with Gasteiger partial charge in [0.25, 0.3) is 0 Å². The quantitative estimate of drug-likeness (QED) is 0.839. The number of H-pyrrole nitrogens is 1. The summed E-state index contributed by atoms with van der Waals surface area (Å²) in [6.07, 6.45) is 0. The lowest BCUT2D eigenvalue weighted by Gasteiger charge is -2.07. The van der Waals surface area contributed by atoms with Crippen LogP contribution in [0.5, 0.6) is 0 Å². The van der Waals surface area contributed by atoms with E-state index in [2.05, 4.69) is 10.1 Å². The zero-order valence-electron chi connectivity index (χ0n) is 9.68. The monoisotopic (exact) mass is 294 g/mol. The first kappa shape index (κ1) is 13.4. The molecule has 0 aliphatic carbocycles. The van der Waals surface area contributed by atoms with Crippen LogP contribution < -0.4 is 11.1 Å². The molecule has 0 spiro atoms. The van der Waals surface area contributed by atoms with Crippen molar-refractivity contribution in [2.75, 3.05) is 0 Å². The van der Waals surface area contributed by atoms with Crippen LogP contribution in [0.3, 0.4) is 0 Å². The van der Waals surface area contributed by atoms with Crippen molar-refractivity contribution in [1.82, 2.24) is 14.8 Å². The van der Waals surface area contributed by atoms with E-state index in [1.54, 1.807) is 19.2 Å². The van der Waals surface area contributed by atoms with Crippen molar-refractivity contribution >= 4 is 23.4 Å². The number of nitrogens with one attached hydrogen (secondary N) is 1. The predicted octanol–water partition coefficient (Wildman–Crippen LogP) is 1.14. The van der Waals surface area contributed by atoms with Gasteiger partial charge in [-0.2, -0.15) is 10.2 Å². The summed E-state index contributed by atoms with van der Waals surface area (Å²) in [5, 5.41) is 12.1. The van der Waals surface area contributed by atoms with Gasteiger partial charge in [-0.1, -0.05) is 11.6 Å². The highest BCUT2D eigenvalue weighted by Crippen LogP contribution is 2.29. The minimum atomic E-state index is -0.868. The molecule has 1 aromatic carbocycles. The number of hydrogen-bond acceptors (Lipinski definition) is 5. The number of nitriles is 1. The summed E-state index contributed by atoms with van der Waals surface area (Å²) in [6.45, 7) is 0. The van der Waals surface area contributed by atoms with E-state index >= 15 is 0 Å². The van der Waals surface area contributed by atoms with Crippen molar-refractivity contribution < 1.29 is 0 Å². The minimum Gasteiger partial charge on any atom is -0.265 e. The van der Waals surface area contributed by atoms with Crippen LogP contribution in [0.15, 0.2) is 37.8 Å². The standard InChI is InChI=1S/C11H7ClN4O2S/c1-16-11(14-9(17)10(18)15-16)19-8-3-2-7(12)4-6(8)5-13/h2-4H,1H3,(H,15,18). The van der Waals surface area contributed by atoms with Crippen LogP contribution in [0, 0.1) is 11.3 Å². The van der Waals surface area contributed by atoms with Crippen LogP contribution in [0.4, 0.5) is 0 Å². The summed E-state index contributed by atoms with van der Waals surface area (Å²) in [5.41, 5.74) is -1.28. The van der Waals surface area contributed by atoms with Crippen LogP contribution in [-0.4, -0.2) is 14.8 Å². The first-order valence-corrected chi connectivity index (χ1v) is 6.25. The molecule has 2 rings (SSSR count). The van der Waals surface area contributed by atoms with Gasteiger partial charge >= 0.3 is 11.1 Å². The normalized spacial score (nSPS) is 10.2. The third-order valence-corrected chi connectivity index (χ3v) is 3.57. The van der Waals surface area contributed by atoms with E-state index in [1.807, 2.05) is 6.07 Å². The first-order chi connectivity index (χ1) is 9.01. The third kappa shape index (κ3) is 2.86. The van der Waals surface area contributed by atoms with Crippen molar-refractivity contribution in [3.63, 3.8) is 0 Å². The fourth-order valence-electron chi connectivity index (χ4n) is 1.33. The van der Waals surface area contributed by atoms with Crippen LogP contribution >= 0.6 is 23.4 Å². The van der Waals surface area contributed by atoms with Gasteiger partial charge < -0.3 is 0 Å². The maximum atomic E-state index is 11.2. The number of hydrogen-bond donors (Lipinski definition) is 1. The van der Waals surface area contributed by atoms with Gasteiger partial charge in [-0.05, 0) is 30.0 Å². The van der Waals surface area contributed by atoms with E-state index in [0.717, 1.165) is 11.8 Å². The maximum absolute atomic E-state index is 11.2. The molecule has 1 heterocycles.